The molecule has 3 heteroatoms. The highest BCUT2D eigenvalue weighted by atomic mass is 15.3. The van der Waals surface area contributed by atoms with Gasteiger partial charge in [0.15, 0.2) is 0 Å². The lowest BCUT2D eigenvalue weighted by atomic mass is 10.0. The molecular formula is C17H23N3. The van der Waals surface area contributed by atoms with E-state index in [1.165, 1.54) is 29.5 Å². The van der Waals surface area contributed by atoms with Crippen molar-refractivity contribution in [3.05, 3.63) is 42.2 Å². The first kappa shape index (κ1) is 13.4. The molecule has 1 aromatic carbocycles. The third kappa shape index (κ3) is 2.93. The molecule has 20 heavy (non-hydrogen) atoms. The van der Waals surface area contributed by atoms with E-state index in [1.54, 1.807) is 0 Å². The molecule has 1 fully saturated rings. The van der Waals surface area contributed by atoms with Crippen molar-refractivity contribution in [1.29, 1.82) is 0 Å². The van der Waals surface area contributed by atoms with Gasteiger partial charge in [-0.25, -0.2) is 0 Å². The summed E-state index contributed by atoms with van der Waals surface area (Å²) in [5.41, 5.74) is 3.84. The number of hydrogen-bond acceptors (Lipinski definition) is 2. The number of nitrogens with one attached hydrogen (secondary N) is 1. The molecule has 106 valence electrons. The van der Waals surface area contributed by atoms with Crippen molar-refractivity contribution in [2.75, 3.05) is 6.54 Å². The Morgan fingerprint density at radius 3 is 2.70 bits per heavy atom. The predicted molar refractivity (Wildman–Crippen MR) is 82.8 cm³/mol. The minimum absolute atomic E-state index is 0.584. The van der Waals surface area contributed by atoms with Gasteiger partial charge in [-0.15, -0.1) is 0 Å². The lowest BCUT2D eigenvalue weighted by Crippen LogP contribution is -2.26. The van der Waals surface area contributed by atoms with Gasteiger partial charge in [0, 0.05) is 17.8 Å². The number of nitrogens with zero attached hydrogens (tertiary/aromatic N) is 2. The van der Waals surface area contributed by atoms with Gasteiger partial charge in [0.1, 0.15) is 0 Å². The molecule has 1 aromatic heterocycles. The van der Waals surface area contributed by atoms with Crippen LogP contribution in [0.25, 0.3) is 11.1 Å². The van der Waals surface area contributed by atoms with Crippen LogP contribution in [0.2, 0.25) is 0 Å². The summed E-state index contributed by atoms with van der Waals surface area (Å²) in [5, 5.41) is 8.00. The van der Waals surface area contributed by atoms with E-state index in [9.17, 15) is 0 Å². The lowest BCUT2D eigenvalue weighted by molar-refractivity contribution is 0.476. The average molecular weight is 269 g/mol. The summed E-state index contributed by atoms with van der Waals surface area (Å²) in [7, 11) is 0. The van der Waals surface area contributed by atoms with Gasteiger partial charge in [-0.3, -0.25) is 4.68 Å². The van der Waals surface area contributed by atoms with E-state index in [0.717, 1.165) is 13.1 Å². The SMILES string of the molecule is CC(C)c1ccc(-c2cnn(CC3CCCN3)c2)cc1. The molecule has 2 aromatic rings. The summed E-state index contributed by atoms with van der Waals surface area (Å²) in [4.78, 5) is 0. The summed E-state index contributed by atoms with van der Waals surface area (Å²) in [5.74, 6) is 0.584. The largest absolute Gasteiger partial charge is 0.312 e. The third-order valence-electron chi connectivity index (χ3n) is 4.11. The molecule has 0 bridgehead atoms. The van der Waals surface area contributed by atoms with Gasteiger partial charge < -0.3 is 5.32 Å². The summed E-state index contributed by atoms with van der Waals surface area (Å²) < 4.78 is 2.06. The Labute approximate surface area is 121 Å². The monoisotopic (exact) mass is 269 g/mol. The number of rotatable bonds is 4. The van der Waals surface area contributed by atoms with Crippen molar-refractivity contribution >= 4 is 0 Å². The highest BCUT2D eigenvalue weighted by Crippen LogP contribution is 2.22. The Kier molecular flexibility index (Phi) is 3.88. The van der Waals surface area contributed by atoms with Crippen LogP contribution >= 0.6 is 0 Å². The third-order valence-corrected chi connectivity index (χ3v) is 4.11. The van der Waals surface area contributed by atoms with Crippen LogP contribution < -0.4 is 5.32 Å². The van der Waals surface area contributed by atoms with E-state index in [1.807, 2.05) is 6.20 Å². The van der Waals surface area contributed by atoms with Crippen LogP contribution in [0.3, 0.4) is 0 Å². The second kappa shape index (κ2) is 5.80. The number of aromatic nitrogens is 2. The summed E-state index contributed by atoms with van der Waals surface area (Å²) >= 11 is 0. The molecular weight excluding hydrogens is 246 g/mol. The highest BCUT2D eigenvalue weighted by Gasteiger charge is 2.14. The maximum absolute atomic E-state index is 4.49. The van der Waals surface area contributed by atoms with E-state index in [2.05, 4.69) is 59.4 Å². The molecule has 0 aliphatic carbocycles. The molecule has 1 saturated heterocycles. The first-order valence-electron chi connectivity index (χ1n) is 7.58. The Morgan fingerprint density at radius 1 is 1.25 bits per heavy atom. The van der Waals surface area contributed by atoms with Gasteiger partial charge in [-0.2, -0.15) is 5.10 Å². The first-order chi connectivity index (χ1) is 9.72. The Hall–Kier alpha value is -1.61. The number of hydrogen-bond donors (Lipinski definition) is 1. The second-order valence-corrected chi connectivity index (χ2v) is 6.02. The quantitative estimate of drug-likeness (QED) is 0.921. The molecule has 1 unspecified atom stereocenters. The van der Waals surface area contributed by atoms with Crippen LogP contribution in [0.1, 0.15) is 38.2 Å². The van der Waals surface area contributed by atoms with Crippen LogP contribution in [-0.4, -0.2) is 22.4 Å². The smallest absolute Gasteiger partial charge is 0.0568 e. The molecule has 3 rings (SSSR count). The summed E-state index contributed by atoms with van der Waals surface area (Å²) in [6.07, 6.45) is 6.68. The minimum atomic E-state index is 0.584. The van der Waals surface area contributed by atoms with Crippen molar-refractivity contribution < 1.29 is 0 Å². The zero-order valence-electron chi connectivity index (χ0n) is 12.3. The Morgan fingerprint density at radius 2 is 2.05 bits per heavy atom. The van der Waals surface area contributed by atoms with Crippen LogP contribution in [0, 0.1) is 0 Å². The normalized spacial score (nSPS) is 18.9. The maximum atomic E-state index is 4.49. The van der Waals surface area contributed by atoms with E-state index in [4.69, 9.17) is 0 Å². The van der Waals surface area contributed by atoms with Crippen LogP contribution in [-0.2, 0) is 6.54 Å². The van der Waals surface area contributed by atoms with Crippen molar-refractivity contribution in [2.45, 2.75) is 45.2 Å². The van der Waals surface area contributed by atoms with Gasteiger partial charge >= 0.3 is 0 Å². The van der Waals surface area contributed by atoms with Gasteiger partial charge in [-0.05, 0) is 36.4 Å². The summed E-state index contributed by atoms with van der Waals surface area (Å²) in [6.45, 7) is 6.57. The van der Waals surface area contributed by atoms with Gasteiger partial charge in [0.05, 0.1) is 12.7 Å². The van der Waals surface area contributed by atoms with Gasteiger partial charge in [0.25, 0.3) is 0 Å². The fourth-order valence-corrected chi connectivity index (χ4v) is 2.81. The molecule has 0 saturated carbocycles. The first-order valence-corrected chi connectivity index (χ1v) is 7.58. The maximum Gasteiger partial charge on any atom is 0.0568 e. The minimum Gasteiger partial charge on any atom is -0.312 e. The van der Waals surface area contributed by atoms with Gasteiger partial charge in [0.2, 0.25) is 0 Å². The standard InChI is InChI=1S/C17H23N3/c1-13(2)14-5-7-15(8-6-14)16-10-19-20(11-16)12-17-4-3-9-18-17/h5-8,10-11,13,17-18H,3-4,9,12H2,1-2H3. The molecule has 0 amide bonds. The van der Waals surface area contributed by atoms with E-state index >= 15 is 0 Å². The second-order valence-electron chi connectivity index (χ2n) is 6.02. The molecule has 1 aliphatic heterocycles. The molecule has 0 spiro atoms. The predicted octanol–water partition coefficient (Wildman–Crippen LogP) is 3.43. The van der Waals surface area contributed by atoms with E-state index < -0.39 is 0 Å². The summed E-state index contributed by atoms with van der Waals surface area (Å²) in [6, 6.07) is 9.42. The topological polar surface area (TPSA) is 29.9 Å². The molecule has 2 heterocycles. The Balaban J connectivity index is 1.72. The molecule has 1 aliphatic rings. The van der Waals surface area contributed by atoms with Crippen molar-refractivity contribution in [1.82, 2.24) is 15.1 Å². The fraction of sp³-hybridized carbons (Fsp3) is 0.471. The van der Waals surface area contributed by atoms with Gasteiger partial charge in [-0.1, -0.05) is 38.1 Å². The van der Waals surface area contributed by atoms with E-state index in [-0.39, 0.29) is 0 Å². The van der Waals surface area contributed by atoms with Crippen LogP contribution in [0.15, 0.2) is 36.7 Å². The van der Waals surface area contributed by atoms with Crippen LogP contribution in [0.4, 0.5) is 0 Å². The molecule has 1 atom stereocenters. The fourth-order valence-electron chi connectivity index (χ4n) is 2.81. The molecule has 1 N–H and O–H groups in total. The van der Waals surface area contributed by atoms with E-state index in [0.29, 0.717) is 12.0 Å². The zero-order chi connectivity index (χ0) is 13.9. The van der Waals surface area contributed by atoms with Crippen molar-refractivity contribution in [2.24, 2.45) is 0 Å². The molecule has 3 nitrogen and oxygen atoms in total. The molecule has 0 radical (unpaired) electrons. The van der Waals surface area contributed by atoms with Crippen LogP contribution in [0.5, 0.6) is 0 Å². The van der Waals surface area contributed by atoms with Crippen molar-refractivity contribution in [3.8, 4) is 11.1 Å². The number of benzene rings is 1. The Bertz CT molecular complexity index is 548. The average Bonchev–Trinajstić information content (AvgIpc) is 3.11. The lowest BCUT2D eigenvalue weighted by Gasteiger charge is -2.09. The van der Waals surface area contributed by atoms with Crippen molar-refractivity contribution in [3.63, 3.8) is 0 Å². The zero-order valence-corrected chi connectivity index (χ0v) is 12.3. The highest BCUT2D eigenvalue weighted by molar-refractivity contribution is 5.62.